The van der Waals surface area contributed by atoms with Gasteiger partial charge in [0.1, 0.15) is 0 Å². The van der Waals surface area contributed by atoms with Gasteiger partial charge in [0.2, 0.25) is 5.91 Å². The Morgan fingerprint density at radius 2 is 2.00 bits per heavy atom. The Balaban J connectivity index is 3.01. The Hall–Kier alpha value is -1.04. The first kappa shape index (κ1) is 14.0. The van der Waals surface area contributed by atoms with Gasteiger partial charge >= 0.3 is 6.18 Å². The van der Waals surface area contributed by atoms with Crippen LogP contribution >= 0.6 is 15.9 Å². The van der Waals surface area contributed by atoms with E-state index >= 15 is 0 Å². The van der Waals surface area contributed by atoms with E-state index in [4.69, 9.17) is 0 Å². The summed E-state index contributed by atoms with van der Waals surface area (Å²) in [5.74, 6) is -0.387. The average molecular weight is 310 g/mol. The smallest absolute Gasteiger partial charge is 0.325 e. The van der Waals surface area contributed by atoms with Crippen molar-refractivity contribution in [3.63, 3.8) is 0 Å². The molecule has 1 rings (SSSR count). The third-order valence-corrected chi connectivity index (χ3v) is 2.59. The number of halogens is 4. The molecule has 1 unspecified atom stereocenters. The van der Waals surface area contributed by atoms with Crippen LogP contribution in [-0.4, -0.2) is 10.7 Å². The van der Waals surface area contributed by atoms with Gasteiger partial charge in [-0.15, -0.1) is 0 Å². The van der Waals surface area contributed by atoms with Crippen molar-refractivity contribution < 1.29 is 18.0 Å². The van der Waals surface area contributed by atoms with E-state index in [0.717, 1.165) is 6.07 Å². The lowest BCUT2D eigenvalue weighted by Gasteiger charge is -2.13. The number of aryl methyl sites for hydroxylation is 1. The van der Waals surface area contributed by atoms with Gasteiger partial charge in [0.05, 0.1) is 10.4 Å². The number of carbonyl (C=O) groups excluding carboxylic acids is 1. The van der Waals surface area contributed by atoms with Gasteiger partial charge in [-0.25, -0.2) is 0 Å². The zero-order chi connectivity index (χ0) is 13.2. The van der Waals surface area contributed by atoms with Crippen LogP contribution < -0.4 is 5.32 Å². The van der Waals surface area contributed by atoms with Crippen LogP contribution in [0.1, 0.15) is 18.1 Å². The first-order chi connectivity index (χ1) is 7.71. The van der Waals surface area contributed by atoms with Crippen molar-refractivity contribution in [3.05, 3.63) is 29.3 Å². The molecular weight excluding hydrogens is 299 g/mol. The van der Waals surface area contributed by atoms with Crippen molar-refractivity contribution >= 4 is 27.5 Å². The highest BCUT2D eigenvalue weighted by molar-refractivity contribution is 9.10. The summed E-state index contributed by atoms with van der Waals surface area (Å²) < 4.78 is 37.8. The van der Waals surface area contributed by atoms with Crippen molar-refractivity contribution in [2.24, 2.45) is 0 Å². The van der Waals surface area contributed by atoms with Gasteiger partial charge in [0.25, 0.3) is 0 Å². The predicted molar refractivity (Wildman–Crippen MR) is 63.2 cm³/mol. The summed E-state index contributed by atoms with van der Waals surface area (Å²) in [6.45, 7) is 2.97. The van der Waals surface area contributed by atoms with E-state index in [1.165, 1.54) is 19.1 Å². The van der Waals surface area contributed by atoms with E-state index < -0.39 is 16.6 Å². The SMILES string of the molecule is Cc1ccc(NC(=O)C(C)Br)cc1C(F)(F)F. The molecule has 1 N–H and O–H groups in total. The molecular formula is C11H11BrF3NO. The maximum Gasteiger partial charge on any atom is 0.416 e. The first-order valence-electron chi connectivity index (χ1n) is 4.84. The lowest BCUT2D eigenvalue weighted by Crippen LogP contribution is -2.20. The largest absolute Gasteiger partial charge is 0.416 e. The standard InChI is InChI=1S/C11H11BrF3NO/c1-6-3-4-8(16-10(17)7(2)12)5-9(6)11(13,14)15/h3-5,7H,1-2H3,(H,16,17). The predicted octanol–water partition coefficient (Wildman–Crippen LogP) is 3.74. The molecule has 0 aliphatic heterocycles. The van der Waals surface area contributed by atoms with Crippen LogP contribution in [0.4, 0.5) is 18.9 Å². The summed E-state index contributed by atoms with van der Waals surface area (Å²) in [7, 11) is 0. The second-order valence-corrected chi connectivity index (χ2v) is 5.01. The number of nitrogens with one attached hydrogen (secondary N) is 1. The van der Waals surface area contributed by atoms with Crippen molar-refractivity contribution in [1.29, 1.82) is 0 Å². The van der Waals surface area contributed by atoms with E-state index in [1.807, 2.05) is 0 Å². The lowest BCUT2D eigenvalue weighted by atomic mass is 10.1. The highest BCUT2D eigenvalue weighted by Gasteiger charge is 2.32. The Morgan fingerprint density at radius 3 is 2.47 bits per heavy atom. The van der Waals surface area contributed by atoms with Crippen molar-refractivity contribution in [2.75, 3.05) is 5.32 Å². The van der Waals surface area contributed by atoms with Crippen LogP contribution in [0.2, 0.25) is 0 Å². The molecule has 0 fully saturated rings. The maximum absolute atomic E-state index is 12.6. The average Bonchev–Trinajstić information content (AvgIpc) is 2.19. The van der Waals surface area contributed by atoms with E-state index in [-0.39, 0.29) is 17.2 Å². The van der Waals surface area contributed by atoms with Gasteiger partial charge in [0.15, 0.2) is 0 Å². The summed E-state index contributed by atoms with van der Waals surface area (Å²) >= 11 is 3.04. The molecule has 1 atom stereocenters. The fraction of sp³-hybridized carbons (Fsp3) is 0.364. The van der Waals surface area contributed by atoms with E-state index in [9.17, 15) is 18.0 Å². The summed E-state index contributed by atoms with van der Waals surface area (Å²) in [4.78, 5) is 10.9. The van der Waals surface area contributed by atoms with Crippen LogP contribution in [-0.2, 0) is 11.0 Å². The Labute approximate surface area is 105 Å². The summed E-state index contributed by atoms with van der Waals surface area (Å²) in [5, 5.41) is 2.40. The number of benzene rings is 1. The molecule has 0 aromatic heterocycles. The maximum atomic E-state index is 12.6. The first-order valence-corrected chi connectivity index (χ1v) is 5.76. The van der Waals surface area contributed by atoms with Crippen LogP contribution in [0.5, 0.6) is 0 Å². The van der Waals surface area contributed by atoms with E-state index in [2.05, 4.69) is 21.2 Å². The molecule has 1 aromatic carbocycles. The molecule has 0 spiro atoms. The lowest BCUT2D eigenvalue weighted by molar-refractivity contribution is -0.138. The minimum absolute atomic E-state index is 0.127. The van der Waals surface area contributed by atoms with Gasteiger partial charge in [-0.1, -0.05) is 22.0 Å². The monoisotopic (exact) mass is 309 g/mol. The van der Waals surface area contributed by atoms with Crippen LogP contribution in [0.3, 0.4) is 0 Å². The minimum Gasteiger partial charge on any atom is -0.325 e. The van der Waals surface area contributed by atoms with Crippen molar-refractivity contribution in [3.8, 4) is 0 Å². The second-order valence-electron chi connectivity index (χ2n) is 3.63. The normalized spacial score (nSPS) is 13.3. The molecule has 6 heteroatoms. The highest BCUT2D eigenvalue weighted by atomic mass is 79.9. The van der Waals surface area contributed by atoms with Gasteiger partial charge in [-0.05, 0) is 31.5 Å². The Bertz CT molecular complexity index is 429. The van der Waals surface area contributed by atoms with Gasteiger partial charge in [-0.3, -0.25) is 4.79 Å². The zero-order valence-corrected chi connectivity index (χ0v) is 10.8. The van der Waals surface area contributed by atoms with Crippen LogP contribution in [0.25, 0.3) is 0 Å². The molecule has 1 amide bonds. The Morgan fingerprint density at radius 1 is 1.41 bits per heavy atom. The number of carbonyl (C=O) groups is 1. The molecule has 17 heavy (non-hydrogen) atoms. The second kappa shape index (κ2) is 5.08. The molecule has 0 aliphatic rings. The number of anilines is 1. The molecule has 0 heterocycles. The number of alkyl halides is 4. The molecule has 0 radical (unpaired) electrons. The summed E-state index contributed by atoms with van der Waals surface area (Å²) in [5.41, 5.74) is -0.473. The van der Waals surface area contributed by atoms with E-state index in [0.29, 0.717) is 0 Å². The number of hydrogen-bond donors (Lipinski definition) is 1. The van der Waals surface area contributed by atoms with E-state index in [1.54, 1.807) is 6.92 Å². The minimum atomic E-state index is -4.41. The summed E-state index contributed by atoms with van der Waals surface area (Å²) in [6, 6.07) is 3.71. The third-order valence-electron chi connectivity index (χ3n) is 2.17. The molecule has 0 saturated carbocycles. The Kier molecular flexibility index (Phi) is 4.19. The number of rotatable bonds is 2. The van der Waals surface area contributed by atoms with Crippen molar-refractivity contribution in [2.45, 2.75) is 24.9 Å². The molecule has 94 valence electrons. The van der Waals surface area contributed by atoms with Gasteiger partial charge < -0.3 is 5.32 Å². The molecule has 0 bridgehead atoms. The molecule has 0 saturated heterocycles. The van der Waals surface area contributed by atoms with Crippen molar-refractivity contribution in [1.82, 2.24) is 0 Å². The van der Waals surface area contributed by atoms with Crippen LogP contribution in [0.15, 0.2) is 18.2 Å². The fourth-order valence-corrected chi connectivity index (χ4v) is 1.36. The quantitative estimate of drug-likeness (QED) is 0.829. The highest BCUT2D eigenvalue weighted by Crippen LogP contribution is 2.33. The zero-order valence-electron chi connectivity index (χ0n) is 9.23. The fourth-order valence-electron chi connectivity index (χ4n) is 1.25. The van der Waals surface area contributed by atoms with Gasteiger partial charge in [0, 0.05) is 5.69 Å². The topological polar surface area (TPSA) is 29.1 Å². The molecule has 2 nitrogen and oxygen atoms in total. The van der Waals surface area contributed by atoms with Crippen LogP contribution in [0, 0.1) is 6.92 Å². The number of hydrogen-bond acceptors (Lipinski definition) is 1. The third kappa shape index (κ3) is 3.73. The summed E-state index contributed by atoms with van der Waals surface area (Å²) in [6.07, 6.45) is -4.41. The molecule has 1 aromatic rings. The number of amides is 1. The molecule has 0 aliphatic carbocycles. The van der Waals surface area contributed by atoms with Gasteiger partial charge in [-0.2, -0.15) is 13.2 Å².